The number of halogens is 2. The molecule has 1 N–H and O–H groups in total. The minimum atomic E-state index is -0.251. The SMILES string of the molecule is Cc1c(Cl)ncnc1NC(C)c1cccc(F)c1. The molecule has 0 aliphatic heterocycles. The Labute approximate surface area is 110 Å². The molecule has 0 saturated carbocycles. The third kappa shape index (κ3) is 2.76. The predicted octanol–water partition coefficient (Wildman–Crippen LogP) is 3.75. The first-order valence-electron chi connectivity index (χ1n) is 5.57. The van der Waals surface area contributed by atoms with Gasteiger partial charge in [0.2, 0.25) is 0 Å². The lowest BCUT2D eigenvalue weighted by atomic mass is 10.1. The quantitative estimate of drug-likeness (QED) is 0.859. The van der Waals surface area contributed by atoms with Crippen molar-refractivity contribution in [1.29, 1.82) is 0 Å². The molecule has 18 heavy (non-hydrogen) atoms. The van der Waals surface area contributed by atoms with Gasteiger partial charge in [0.05, 0.1) is 6.04 Å². The van der Waals surface area contributed by atoms with Gasteiger partial charge >= 0.3 is 0 Å². The lowest BCUT2D eigenvalue weighted by Crippen LogP contribution is -2.09. The number of hydrogen-bond acceptors (Lipinski definition) is 3. The molecule has 1 aromatic heterocycles. The van der Waals surface area contributed by atoms with Crippen molar-refractivity contribution in [3.8, 4) is 0 Å². The summed E-state index contributed by atoms with van der Waals surface area (Å²) < 4.78 is 13.1. The van der Waals surface area contributed by atoms with E-state index < -0.39 is 0 Å². The number of nitrogens with zero attached hydrogens (tertiary/aromatic N) is 2. The van der Waals surface area contributed by atoms with Crippen LogP contribution in [0.4, 0.5) is 10.2 Å². The molecule has 0 bridgehead atoms. The summed E-state index contributed by atoms with van der Waals surface area (Å²) in [6.07, 6.45) is 1.40. The van der Waals surface area contributed by atoms with Crippen LogP contribution in [0.2, 0.25) is 5.15 Å². The highest BCUT2D eigenvalue weighted by atomic mass is 35.5. The maximum atomic E-state index is 13.1. The lowest BCUT2D eigenvalue weighted by Gasteiger charge is -2.16. The van der Waals surface area contributed by atoms with Crippen LogP contribution in [-0.4, -0.2) is 9.97 Å². The summed E-state index contributed by atoms with van der Waals surface area (Å²) in [5.41, 5.74) is 1.63. The molecule has 1 unspecified atom stereocenters. The highest BCUT2D eigenvalue weighted by Gasteiger charge is 2.10. The molecule has 0 amide bonds. The van der Waals surface area contributed by atoms with Gasteiger partial charge in [-0.25, -0.2) is 14.4 Å². The van der Waals surface area contributed by atoms with E-state index in [-0.39, 0.29) is 11.9 Å². The Kier molecular flexibility index (Phi) is 3.77. The van der Waals surface area contributed by atoms with Gasteiger partial charge in [0.1, 0.15) is 23.1 Å². The summed E-state index contributed by atoms with van der Waals surface area (Å²) in [5, 5.41) is 3.61. The first kappa shape index (κ1) is 12.8. The highest BCUT2D eigenvalue weighted by Crippen LogP contribution is 2.23. The molecule has 94 valence electrons. The molecular weight excluding hydrogens is 253 g/mol. The monoisotopic (exact) mass is 265 g/mol. The van der Waals surface area contributed by atoms with Crippen LogP contribution in [-0.2, 0) is 0 Å². The van der Waals surface area contributed by atoms with E-state index in [9.17, 15) is 4.39 Å². The molecule has 0 aliphatic carbocycles. The van der Waals surface area contributed by atoms with Gasteiger partial charge in [0.15, 0.2) is 0 Å². The second-order valence-electron chi connectivity index (χ2n) is 4.06. The van der Waals surface area contributed by atoms with Crippen LogP contribution in [0.3, 0.4) is 0 Å². The zero-order chi connectivity index (χ0) is 13.1. The number of aromatic nitrogens is 2. The molecule has 0 radical (unpaired) electrons. The molecule has 1 aromatic carbocycles. The molecule has 1 heterocycles. The zero-order valence-electron chi connectivity index (χ0n) is 10.1. The largest absolute Gasteiger partial charge is 0.363 e. The van der Waals surface area contributed by atoms with E-state index in [0.29, 0.717) is 11.0 Å². The molecule has 2 aromatic rings. The van der Waals surface area contributed by atoms with Crippen molar-refractivity contribution in [2.45, 2.75) is 19.9 Å². The first-order chi connectivity index (χ1) is 8.58. The van der Waals surface area contributed by atoms with Crippen LogP contribution in [0.15, 0.2) is 30.6 Å². The van der Waals surface area contributed by atoms with Crippen molar-refractivity contribution < 1.29 is 4.39 Å². The average molecular weight is 266 g/mol. The van der Waals surface area contributed by atoms with E-state index in [1.807, 2.05) is 19.9 Å². The number of hydrogen-bond donors (Lipinski definition) is 1. The minimum absolute atomic E-state index is 0.0645. The van der Waals surface area contributed by atoms with E-state index >= 15 is 0 Å². The number of benzene rings is 1. The van der Waals surface area contributed by atoms with Crippen LogP contribution in [0.5, 0.6) is 0 Å². The Balaban J connectivity index is 2.21. The summed E-state index contributed by atoms with van der Waals surface area (Å²) in [6.45, 7) is 3.77. The lowest BCUT2D eigenvalue weighted by molar-refractivity contribution is 0.623. The van der Waals surface area contributed by atoms with Gasteiger partial charge in [0, 0.05) is 5.56 Å². The van der Waals surface area contributed by atoms with Crippen LogP contribution in [0, 0.1) is 12.7 Å². The van der Waals surface area contributed by atoms with Crippen LogP contribution < -0.4 is 5.32 Å². The van der Waals surface area contributed by atoms with E-state index in [1.54, 1.807) is 6.07 Å². The van der Waals surface area contributed by atoms with Crippen molar-refractivity contribution in [1.82, 2.24) is 9.97 Å². The van der Waals surface area contributed by atoms with E-state index in [1.165, 1.54) is 18.5 Å². The topological polar surface area (TPSA) is 37.8 Å². The Morgan fingerprint density at radius 3 is 2.83 bits per heavy atom. The second kappa shape index (κ2) is 5.31. The predicted molar refractivity (Wildman–Crippen MR) is 70.2 cm³/mol. The van der Waals surface area contributed by atoms with E-state index in [2.05, 4.69) is 15.3 Å². The van der Waals surface area contributed by atoms with E-state index in [4.69, 9.17) is 11.6 Å². The Hall–Kier alpha value is -1.68. The molecule has 5 heteroatoms. The summed E-state index contributed by atoms with van der Waals surface area (Å²) in [6, 6.07) is 6.39. The standard InChI is InChI=1S/C13H13ClFN3/c1-8-12(14)16-7-17-13(8)18-9(2)10-4-3-5-11(15)6-10/h3-7,9H,1-2H3,(H,16,17,18). The zero-order valence-corrected chi connectivity index (χ0v) is 10.9. The number of anilines is 1. The van der Waals surface area contributed by atoms with Gasteiger partial charge in [-0.2, -0.15) is 0 Å². The molecule has 0 fully saturated rings. The third-order valence-corrected chi connectivity index (χ3v) is 3.11. The Morgan fingerprint density at radius 2 is 2.11 bits per heavy atom. The van der Waals surface area contributed by atoms with Crippen molar-refractivity contribution in [2.24, 2.45) is 0 Å². The van der Waals surface area contributed by atoms with Crippen molar-refractivity contribution in [3.63, 3.8) is 0 Å². The molecule has 2 rings (SSSR count). The fraction of sp³-hybridized carbons (Fsp3) is 0.231. The fourth-order valence-corrected chi connectivity index (χ4v) is 1.77. The third-order valence-electron chi connectivity index (χ3n) is 2.72. The fourth-order valence-electron chi connectivity index (χ4n) is 1.64. The van der Waals surface area contributed by atoms with Gasteiger partial charge in [-0.05, 0) is 31.5 Å². The first-order valence-corrected chi connectivity index (χ1v) is 5.95. The van der Waals surface area contributed by atoms with Crippen LogP contribution >= 0.6 is 11.6 Å². The second-order valence-corrected chi connectivity index (χ2v) is 4.42. The molecule has 0 saturated heterocycles. The summed E-state index contributed by atoms with van der Waals surface area (Å²) in [7, 11) is 0. The molecule has 0 spiro atoms. The van der Waals surface area contributed by atoms with Crippen molar-refractivity contribution in [2.75, 3.05) is 5.32 Å². The molecule has 0 aliphatic rings. The van der Waals surface area contributed by atoms with Gasteiger partial charge in [0.25, 0.3) is 0 Å². The normalized spacial score (nSPS) is 12.2. The van der Waals surface area contributed by atoms with Gasteiger partial charge in [-0.15, -0.1) is 0 Å². The summed E-state index contributed by atoms with van der Waals surface area (Å²) in [5.74, 6) is 0.408. The van der Waals surface area contributed by atoms with Crippen LogP contribution in [0.25, 0.3) is 0 Å². The van der Waals surface area contributed by atoms with Gasteiger partial charge < -0.3 is 5.32 Å². The average Bonchev–Trinajstić information content (AvgIpc) is 2.35. The molecular formula is C13H13ClFN3. The van der Waals surface area contributed by atoms with Gasteiger partial charge in [-0.1, -0.05) is 23.7 Å². The van der Waals surface area contributed by atoms with Gasteiger partial charge in [-0.3, -0.25) is 0 Å². The van der Waals surface area contributed by atoms with Crippen molar-refractivity contribution in [3.05, 3.63) is 52.7 Å². The van der Waals surface area contributed by atoms with Crippen LogP contribution in [0.1, 0.15) is 24.1 Å². The van der Waals surface area contributed by atoms with Crippen molar-refractivity contribution >= 4 is 17.4 Å². The highest BCUT2D eigenvalue weighted by molar-refractivity contribution is 6.30. The minimum Gasteiger partial charge on any atom is -0.363 e. The summed E-state index contributed by atoms with van der Waals surface area (Å²) >= 11 is 5.92. The molecule has 3 nitrogen and oxygen atoms in total. The molecule has 1 atom stereocenters. The Morgan fingerprint density at radius 1 is 1.33 bits per heavy atom. The maximum Gasteiger partial charge on any atom is 0.137 e. The summed E-state index contributed by atoms with van der Waals surface area (Å²) in [4.78, 5) is 8.01. The van der Waals surface area contributed by atoms with E-state index in [0.717, 1.165) is 11.1 Å². The number of rotatable bonds is 3. The number of nitrogens with one attached hydrogen (secondary N) is 1. The Bertz CT molecular complexity index is 560. The maximum absolute atomic E-state index is 13.1. The smallest absolute Gasteiger partial charge is 0.137 e.